The molecule has 0 radical (unpaired) electrons. The molecular formula is C10H9BrF2O2. The summed E-state index contributed by atoms with van der Waals surface area (Å²) in [6.45, 7) is 0. The van der Waals surface area contributed by atoms with E-state index in [-0.39, 0.29) is 11.2 Å². The summed E-state index contributed by atoms with van der Waals surface area (Å²) in [5.74, 6) is -2.75. The number of hydrogen-bond donors (Lipinski definition) is 1. The third kappa shape index (κ3) is 3.95. The molecule has 0 aliphatic carbocycles. The molecule has 0 aromatic heterocycles. The first-order valence-electron chi connectivity index (χ1n) is 4.29. The minimum Gasteiger partial charge on any atom is -0.481 e. The first-order valence-corrected chi connectivity index (χ1v) is 5.20. The predicted octanol–water partition coefficient (Wildman–Crippen LogP) is 2.75. The van der Waals surface area contributed by atoms with Gasteiger partial charge in [0.25, 0.3) is 0 Å². The van der Waals surface area contributed by atoms with E-state index in [1.165, 1.54) is 6.07 Å². The summed E-state index contributed by atoms with van der Waals surface area (Å²) in [5, 5.41) is 8.50. The second kappa shape index (κ2) is 5.21. The Morgan fingerprint density at radius 1 is 1.40 bits per heavy atom. The lowest BCUT2D eigenvalue weighted by molar-refractivity contribution is -0.136. The Hall–Kier alpha value is -0.970. The zero-order chi connectivity index (χ0) is 11.4. The van der Waals surface area contributed by atoms with Crippen molar-refractivity contribution in [2.75, 3.05) is 0 Å². The first-order chi connectivity index (χ1) is 6.99. The maximum atomic E-state index is 12.8. The van der Waals surface area contributed by atoms with E-state index in [9.17, 15) is 13.6 Å². The van der Waals surface area contributed by atoms with E-state index in [1.54, 1.807) is 0 Å². The Bertz CT molecular complexity index is 368. The summed E-state index contributed by atoms with van der Waals surface area (Å²) in [6.07, 6.45) is 0.294. The molecule has 0 aliphatic rings. The van der Waals surface area contributed by atoms with Crippen LogP contribution in [0.5, 0.6) is 0 Å². The van der Waals surface area contributed by atoms with Crippen LogP contribution >= 0.6 is 15.9 Å². The maximum absolute atomic E-state index is 12.8. The molecule has 0 fully saturated rings. The molecule has 0 heterocycles. The lowest BCUT2D eigenvalue weighted by Crippen LogP contribution is -2.09. The van der Waals surface area contributed by atoms with Gasteiger partial charge in [-0.25, -0.2) is 8.78 Å². The molecule has 1 N–H and O–H groups in total. The number of carboxylic acid groups (broad SMARTS) is 1. The highest BCUT2D eigenvalue weighted by atomic mass is 79.9. The van der Waals surface area contributed by atoms with E-state index in [0.717, 1.165) is 12.1 Å². The largest absolute Gasteiger partial charge is 0.481 e. The Morgan fingerprint density at radius 3 is 2.60 bits per heavy atom. The highest BCUT2D eigenvalue weighted by molar-refractivity contribution is 9.09. The van der Waals surface area contributed by atoms with Crippen LogP contribution in [0.4, 0.5) is 8.78 Å². The van der Waals surface area contributed by atoms with E-state index >= 15 is 0 Å². The summed E-state index contributed by atoms with van der Waals surface area (Å²) < 4.78 is 25.4. The molecule has 0 bridgehead atoms. The molecular weight excluding hydrogens is 270 g/mol. The number of rotatable bonds is 4. The minimum atomic E-state index is -0.931. The number of carboxylic acids is 1. The Morgan fingerprint density at radius 2 is 2.07 bits per heavy atom. The number of alkyl halides is 1. The van der Waals surface area contributed by atoms with Crippen LogP contribution in [-0.2, 0) is 11.2 Å². The van der Waals surface area contributed by atoms with Gasteiger partial charge < -0.3 is 5.11 Å². The zero-order valence-electron chi connectivity index (χ0n) is 7.71. The van der Waals surface area contributed by atoms with Crippen LogP contribution in [0.25, 0.3) is 0 Å². The van der Waals surface area contributed by atoms with Gasteiger partial charge >= 0.3 is 5.97 Å². The van der Waals surface area contributed by atoms with E-state index in [2.05, 4.69) is 15.9 Å². The lowest BCUT2D eigenvalue weighted by Gasteiger charge is -2.06. The number of aliphatic carboxylic acids is 1. The minimum absolute atomic E-state index is 0.0566. The molecule has 0 spiro atoms. The predicted molar refractivity (Wildman–Crippen MR) is 55.0 cm³/mol. The van der Waals surface area contributed by atoms with Gasteiger partial charge in [0.15, 0.2) is 11.6 Å². The molecule has 0 saturated carbocycles. The van der Waals surface area contributed by atoms with Gasteiger partial charge in [-0.3, -0.25) is 4.79 Å². The molecule has 5 heteroatoms. The maximum Gasteiger partial charge on any atom is 0.304 e. The van der Waals surface area contributed by atoms with Gasteiger partial charge in [-0.15, -0.1) is 0 Å². The van der Waals surface area contributed by atoms with Gasteiger partial charge in [-0.05, 0) is 24.1 Å². The van der Waals surface area contributed by atoms with E-state index in [0.29, 0.717) is 12.0 Å². The fraction of sp³-hybridized carbons (Fsp3) is 0.300. The average Bonchev–Trinajstić information content (AvgIpc) is 2.10. The van der Waals surface area contributed by atoms with E-state index in [4.69, 9.17) is 5.11 Å². The molecule has 1 atom stereocenters. The highest BCUT2D eigenvalue weighted by Gasteiger charge is 2.11. The molecule has 1 aromatic carbocycles. The van der Waals surface area contributed by atoms with Gasteiger partial charge in [-0.2, -0.15) is 0 Å². The first kappa shape index (κ1) is 12.1. The van der Waals surface area contributed by atoms with Crippen LogP contribution in [0.1, 0.15) is 12.0 Å². The Balaban J connectivity index is 2.64. The monoisotopic (exact) mass is 278 g/mol. The Kier molecular flexibility index (Phi) is 4.20. The van der Waals surface area contributed by atoms with E-state index in [1.807, 2.05) is 0 Å². The zero-order valence-corrected chi connectivity index (χ0v) is 9.30. The van der Waals surface area contributed by atoms with Crippen LogP contribution < -0.4 is 0 Å². The molecule has 0 saturated heterocycles. The molecule has 1 unspecified atom stereocenters. The van der Waals surface area contributed by atoms with Crippen molar-refractivity contribution in [3.05, 3.63) is 35.4 Å². The summed E-state index contributed by atoms with van der Waals surface area (Å²) in [6, 6.07) is 3.55. The number of hydrogen-bond acceptors (Lipinski definition) is 1. The summed E-state index contributed by atoms with van der Waals surface area (Å²) >= 11 is 3.16. The molecule has 0 aliphatic heterocycles. The van der Waals surface area contributed by atoms with Crippen molar-refractivity contribution in [2.45, 2.75) is 17.7 Å². The highest BCUT2D eigenvalue weighted by Crippen LogP contribution is 2.15. The van der Waals surface area contributed by atoms with Crippen molar-refractivity contribution in [1.29, 1.82) is 0 Å². The number of carbonyl (C=O) groups is 1. The smallest absolute Gasteiger partial charge is 0.304 e. The molecule has 2 nitrogen and oxygen atoms in total. The van der Waals surface area contributed by atoms with Crippen molar-refractivity contribution >= 4 is 21.9 Å². The molecule has 1 rings (SSSR count). The van der Waals surface area contributed by atoms with Gasteiger partial charge in [0.05, 0.1) is 6.42 Å². The third-order valence-electron chi connectivity index (χ3n) is 1.84. The summed E-state index contributed by atoms with van der Waals surface area (Å²) in [5.41, 5.74) is 0.567. The van der Waals surface area contributed by atoms with Crippen LogP contribution in [0, 0.1) is 11.6 Å². The van der Waals surface area contributed by atoms with Gasteiger partial charge in [0.1, 0.15) is 0 Å². The molecule has 0 amide bonds. The summed E-state index contributed by atoms with van der Waals surface area (Å²) in [4.78, 5) is 10.1. The normalized spacial score (nSPS) is 12.5. The van der Waals surface area contributed by atoms with Crippen LogP contribution in [-0.4, -0.2) is 15.9 Å². The van der Waals surface area contributed by atoms with Gasteiger partial charge in [-0.1, -0.05) is 22.0 Å². The Labute approximate surface area is 94.0 Å². The summed E-state index contributed by atoms with van der Waals surface area (Å²) in [7, 11) is 0. The SMILES string of the molecule is O=C(O)CC(Br)Cc1ccc(F)c(F)c1. The van der Waals surface area contributed by atoms with Crippen molar-refractivity contribution in [3.63, 3.8) is 0 Å². The molecule has 82 valence electrons. The number of benzene rings is 1. The number of halogens is 3. The molecule has 15 heavy (non-hydrogen) atoms. The fourth-order valence-corrected chi connectivity index (χ4v) is 1.83. The van der Waals surface area contributed by atoms with Gasteiger partial charge in [0.2, 0.25) is 0 Å². The van der Waals surface area contributed by atoms with Crippen molar-refractivity contribution in [3.8, 4) is 0 Å². The van der Waals surface area contributed by atoms with Crippen LogP contribution in [0.15, 0.2) is 18.2 Å². The van der Waals surface area contributed by atoms with Crippen LogP contribution in [0.3, 0.4) is 0 Å². The average molecular weight is 279 g/mol. The second-order valence-corrected chi connectivity index (χ2v) is 4.44. The van der Waals surface area contributed by atoms with Gasteiger partial charge in [0, 0.05) is 4.83 Å². The van der Waals surface area contributed by atoms with Crippen LogP contribution in [0.2, 0.25) is 0 Å². The molecule has 1 aromatic rings. The fourth-order valence-electron chi connectivity index (χ4n) is 1.18. The lowest BCUT2D eigenvalue weighted by atomic mass is 10.1. The second-order valence-electron chi connectivity index (χ2n) is 3.15. The van der Waals surface area contributed by atoms with Crippen molar-refractivity contribution < 1.29 is 18.7 Å². The van der Waals surface area contributed by atoms with E-state index < -0.39 is 17.6 Å². The van der Waals surface area contributed by atoms with Crippen molar-refractivity contribution in [2.24, 2.45) is 0 Å². The topological polar surface area (TPSA) is 37.3 Å². The quantitative estimate of drug-likeness (QED) is 0.860. The van der Waals surface area contributed by atoms with Crippen molar-refractivity contribution in [1.82, 2.24) is 0 Å². The standard InChI is InChI=1S/C10H9BrF2O2/c11-7(5-10(14)15)3-6-1-2-8(12)9(13)4-6/h1-2,4,7H,3,5H2,(H,14,15). The third-order valence-corrected chi connectivity index (χ3v) is 2.48.